The molecule has 0 bridgehead atoms. The van der Waals surface area contributed by atoms with Gasteiger partial charge in [-0.1, -0.05) is 12.1 Å². The van der Waals surface area contributed by atoms with Gasteiger partial charge in [-0.2, -0.15) is 0 Å². The Morgan fingerprint density at radius 3 is 2.50 bits per heavy atom. The minimum Gasteiger partial charge on any atom is -0.479 e. The van der Waals surface area contributed by atoms with Crippen molar-refractivity contribution in [3.63, 3.8) is 0 Å². The van der Waals surface area contributed by atoms with E-state index in [2.05, 4.69) is 0 Å². The first-order valence-electron chi connectivity index (χ1n) is 7.62. The third kappa shape index (κ3) is 7.86. The van der Waals surface area contributed by atoms with Gasteiger partial charge >= 0.3 is 5.97 Å². The Kier molecular flexibility index (Phi) is 8.96. The Bertz CT molecular complexity index is 645. The van der Waals surface area contributed by atoms with Gasteiger partial charge in [0.25, 0.3) is 5.91 Å². The van der Waals surface area contributed by atoms with Gasteiger partial charge in [-0.05, 0) is 31.0 Å². The summed E-state index contributed by atoms with van der Waals surface area (Å²) in [6, 6.07) is 5.60. The quantitative estimate of drug-likeness (QED) is 0.206. The predicted octanol–water partition coefficient (Wildman–Crippen LogP) is 1.30. The number of carboxylic acids is 1. The second-order valence-electron chi connectivity index (χ2n) is 5.07. The van der Waals surface area contributed by atoms with Crippen molar-refractivity contribution in [1.29, 1.82) is 0 Å². The molecule has 0 saturated heterocycles. The first kappa shape index (κ1) is 21.3. The molecule has 0 aliphatic rings. The number of carbonyl (C=O) groups excluding carboxylic acids is 2. The Labute approximate surface area is 149 Å². The van der Waals surface area contributed by atoms with E-state index in [1.807, 2.05) is 0 Å². The number of aldehydes is 1. The normalized spacial score (nSPS) is 12.3. The third-order valence-electron chi connectivity index (χ3n) is 3.12. The molecule has 0 radical (unpaired) electrons. The van der Waals surface area contributed by atoms with Gasteiger partial charge in [0.15, 0.2) is 24.9 Å². The Hall–Kier alpha value is -2.78. The number of hydrogen-bond acceptors (Lipinski definition) is 6. The SMILES string of the molecule is COC(C)O/C(C=O)=C\C(=O)N(CCc1ccc(F)cc1)OCC(=O)O. The lowest BCUT2D eigenvalue weighted by Gasteiger charge is -2.20. The molecule has 1 N–H and O–H groups in total. The molecule has 0 fully saturated rings. The van der Waals surface area contributed by atoms with Crippen LogP contribution in [0.2, 0.25) is 0 Å². The van der Waals surface area contributed by atoms with Crippen LogP contribution in [0.3, 0.4) is 0 Å². The van der Waals surface area contributed by atoms with Gasteiger partial charge in [0.05, 0.1) is 12.6 Å². The van der Waals surface area contributed by atoms with E-state index in [0.717, 1.165) is 11.1 Å². The Morgan fingerprint density at radius 2 is 1.96 bits per heavy atom. The molecule has 1 amide bonds. The number of benzene rings is 1. The molecule has 0 aliphatic carbocycles. The van der Waals surface area contributed by atoms with Crippen molar-refractivity contribution in [1.82, 2.24) is 5.06 Å². The maximum absolute atomic E-state index is 12.9. The number of ether oxygens (including phenoxy) is 2. The average Bonchev–Trinajstić information content (AvgIpc) is 2.61. The van der Waals surface area contributed by atoms with Crippen LogP contribution in [0.15, 0.2) is 36.1 Å². The number of nitrogens with zero attached hydrogens (tertiary/aromatic N) is 1. The molecule has 1 unspecified atom stereocenters. The van der Waals surface area contributed by atoms with Crippen LogP contribution in [0.25, 0.3) is 0 Å². The number of halogens is 1. The van der Waals surface area contributed by atoms with Crippen molar-refractivity contribution in [2.24, 2.45) is 0 Å². The molecule has 26 heavy (non-hydrogen) atoms. The molecule has 0 saturated carbocycles. The van der Waals surface area contributed by atoms with Crippen molar-refractivity contribution in [2.45, 2.75) is 19.6 Å². The number of methoxy groups -OCH3 is 1. The van der Waals surface area contributed by atoms with Crippen LogP contribution < -0.4 is 0 Å². The summed E-state index contributed by atoms with van der Waals surface area (Å²) in [5, 5.41) is 9.51. The first-order chi connectivity index (χ1) is 12.3. The number of aliphatic carboxylic acids is 1. The second kappa shape index (κ2) is 11.0. The summed E-state index contributed by atoms with van der Waals surface area (Å²) >= 11 is 0. The van der Waals surface area contributed by atoms with Crippen molar-refractivity contribution >= 4 is 18.2 Å². The monoisotopic (exact) mass is 369 g/mol. The lowest BCUT2D eigenvalue weighted by Crippen LogP contribution is -2.34. The zero-order valence-electron chi connectivity index (χ0n) is 14.4. The molecule has 1 aromatic rings. The van der Waals surface area contributed by atoms with E-state index in [1.165, 1.54) is 38.3 Å². The van der Waals surface area contributed by atoms with Gasteiger partial charge in [0, 0.05) is 7.11 Å². The van der Waals surface area contributed by atoms with Gasteiger partial charge in [0.2, 0.25) is 0 Å². The number of carboxylic acid groups (broad SMARTS) is 1. The van der Waals surface area contributed by atoms with Crippen molar-refractivity contribution in [2.75, 3.05) is 20.3 Å². The summed E-state index contributed by atoms with van der Waals surface area (Å²) in [4.78, 5) is 38.9. The van der Waals surface area contributed by atoms with Crippen LogP contribution in [-0.4, -0.2) is 54.9 Å². The molecule has 9 heteroatoms. The fourth-order valence-corrected chi connectivity index (χ4v) is 1.78. The van der Waals surface area contributed by atoms with E-state index < -0.39 is 30.6 Å². The van der Waals surface area contributed by atoms with Gasteiger partial charge < -0.3 is 14.6 Å². The number of allylic oxidation sites excluding steroid dienone is 1. The van der Waals surface area contributed by atoms with E-state index in [1.54, 1.807) is 0 Å². The molecule has 0 spiro atoms. The predicted molar refractivity (Wildman–Crippen MR) is 87.1 cm³/mol. The Balaban J connectivity index is 2.82. The second-order valence-corrected chi connectivity index (χ2v) is 5.07. The molecule has 142 valence electrons. The van der Waals surface area contributed by atoms with Gasteiger partial charge in [-0.25, -0.2) is 14.2 Å². The lowest BCUT2D eigenvalue weighted by atomic mass is 10.1. The summed E-state index contributed by atoms with van der Waals surface area (Å²) < 4.78 is 22.8. The number of hydroxylamine groups is 2. The highest BCUT2D eigenvalue weighted by molar-refractivity contribution is 5.92. The number of hydrogen-bond donors (Lipinski definition) is 1. The topological polar surface area (TPSA) is 102 Å². The highest BCUT2D eigenvalue weighted by Gasteiger charge is 2.16. The summed E-state index contributed by atoms with van der Waals surface area (Å²) in [6.07, 6.45) is 0.718. The molecule has 1 atom stereocenters. The lowest BCUT2D eigenvalue weighted by molar-refractivity contribution is -0.188. The summed E-state index contributed by atoms with van der Waals surface area (Å²) in [6.45, 7) is 0.768. The molecule has 0 aliphatic heterocycles. The van der Waals surface area contributed by atoms with Crippen LogP contribution in [0.4, 0.5) is 4.39 Å². The van der Waals surface area contributed by atoms with Crippen LogP contribution in [0, 0.1) is 5.82 Å². The van der Waals surface area contributed by atoms with Crippen LogP contribution >= 0.6 is 0 Å². The van der Waals surface area contributed by atoms with E-state index in [0.29, 0.717) is 11.8 Å². The van der Waals surface area contributed by atoms with E-state index in [-0.39, 0.29) is 18.7 Å². The van der Waals surface area contributed by atoms with Crippen molar-refractivity contribution < 1.29 is 38.2 Å². The van der Waals surface area contributed by atoms with Crippen LogP contribution in [0.5, 0.6) is 0 Å². The zero-order valence-corrected chi connectivity index (χ0v) is 14.4. The fourth-order valence-electron chi connectivity index (χ4n) is 1.78. The summed E-state index contributed by atoms with van der Waals surface area (Å²) in [7, 11) is 1.36. The molecule has 1 aromatic carbocycles. The molecule has 0 heterocycles. The number of rotatable bonds is 11. The third-order valence-corrected chi connectivity index (χ3v) is 3.12. The maximum atomic E-state index is 12.9. The molecular formula is C17H20FNO7. The summed E-state index contributed by atoms with van der Waals surface area (Å²) in [5.41, 5.74) is 0.715. The van der Waals surface area contributed by atoms with E-state index in [9.17, 15) is 18.8 Å². The van der Waals surface area contributed by atoms with Gasteiger partial charge in [-0.3, -0.25) is 14.4 Å². The Morgan fingerprint density at radius 1 is 1.31 bits per heavy atom. The minimum absolute atomic E-state index is 0.0137. The zero-order chi connectivity index (χ0) is 19.5. The maximum Gasteiger partial charge on any atom is 0.332 e. The number of carbonyl (C=O) groups is 3. The molecule has 1 rings (SSSR count). The highest BCUT2D eigenvalue weighted by Crippen LogP contribution is 2.07. The standard InChI is InChI=1S/C17H20FNO7/c1-12(24-2)26-15(10-20)9-16(21)19(25-11-17(22)23)8-7-13-3-5-14(18)6-4-13/h3-6,9-10,12H,7-8,11H2,1-2H3,(H,22,23)/b15-9-. The van der Waals surface area contributed by atoms with Gasteiger partial charge in [0.1, 0.15) is 5.82 Å². The number of amides is 1. The first-order valence-corrected chi connectivity index (χ1v) is 7.62. The average molecular weight is 369 g/mol. The smallest absolute Gasteiger partial charge is 0.332 e. The van der Waals surface area contributed by atoms with E-state index >= 15 is 0 Å². The van der Waals surface area contributed by atoms with Crippen molar-refractivity contribution in [3.05, 3.63) is 47.5 Å². The minimum atomic E-state index is -1.27. The highest BCUT2D eigenvalue weighted by atomic mass is 19.1. The van der Waals surface area contributed by atoms with Crippen LogP contribution in [-0.2, 0) is 35.1 Å². The summed E-state index contributed by atoms with van der Waals surface area (Å²) in [5.74, 6) is -2.74. The van der Waals surface area contributed by atoms with Crippen LogP contribution in [0.1, 0.15) is 12.5 Å². The largest absolute Gasteiger partial charge is 0.479 e. The fraction of sp³-hybridized carbons (Fsp3) is 0.353. The molecule has 8 nitrogen and oxygen atoms in total. The van der Waals surface area contributed by atoms with E-state index in [4.69, 9.17) is 19.4 Å². The van der Waals surface area contributed by atoms with Gasteiger partial charge in [-0.15, -0.1) is 0 Å². The van der Waals surface area contributed by atoms with Crippen molar-refractivity contribution in [3.8, 4) is 0 Å². The molecule has 0 aromatic heterocycles. The molecular weight excluding hydrogens is 349 g/mol.